The quantitative estimate of drug-likeness (QED) is 0.754. The first-order valence-electron chi connectivity index (χ1n) is 7.09. The number of aliphatic hydroxyl groups excluding tert-OH is 1. The highest BCUT2D eigenvalue weighted by atomic mass is 16.3. The van der Waals surface area contributed by atoms with Gasteiger partial charge in [0.05, 0.1) is 11.7 Å². The summed E-state index contributed by atoms with van der Waals surface area (Å²) >= 11 is 0. The molecule has 0 saturated heterocycles. The summed E-state index contributed by atoms with van der Waals surface area (Å²) < 4.78 is 0. The lowest BCUT2D eigenvalue weighted by Crippen LogP contribution is -2.54. The van der Waals surface area contributed by atoms with E-state index in [9.17, 15) is 15.0 Å². The summed E-state index contributed by atoms with van der Waals surface area (Å²) in [4.78, 5) is 12.7. The van der Waals surface area contributed by atoms with Crippen LogP contribution in [0.25, 0.3) is 0 Å². The number of hydrogen-bond donors (Lipinski definition) is 2. The lowest BCUT2D eigenvalue weighted by atomic mass is 9.52. The SMILES string of the molecule is C[C@@H]1C[C@H](O)C[C@@]2(C)CC[C@@H](C(C)(C)O)C(=O)[C@H]12. The molecular formula is C15H26O3. The standard InChI is InChI=1S/C15H26O3/c1-9-7-10(16)8-15(4)6-5-11(14(2,3)18)13(17)12(9)15/h9-12,16,18H,5-8H2,1-4H3/t9-,10+,11-,12+,15-/m1/s1. The maximum absolute atomic E-state index is 12.7. The Bertz CT molecular complexity index is 344. The second kappa shape index (κ2) is 4.31. The average molecular weight is 254 g/mol. The van der Waals surface area contributed by atoms with Gasteiger partial charge in [0, 0.05) is 11.8 Å². The zero-order chi connectivity index (χ0) is 13.7. The molecule has 0 aromatic rings. The van der Waals surface area contributed by atoms with Crippen LogP contribution in [0.1, 0.15) is 53.4 Å². The van der Waals surface area contributed by atoms with E-state index in [1.54, 1.807) is 13.8 Å². The number of Topliss-reactive ketones (excluding diaryl/α,β-unsaturated/α-hetero) is 1. The lowest BCUT2D eigenvalue weighted by Gasteiger charge is -2.52. The summed E-state index contributed by atoms with van der Waals surface area (Å²) in [6, 6.07) is 0. The number of ketones is 1. The molecule has 3 heteroatoms. The van der Waals surface area contributed by atoms with Crippen LogP contribution in [0.4, 0.5) is 0 Å². The van der Waals surface area contributed by atoms with Gasteiger partial charge in [0.2, 0.25) is 0 Å². The zero-order valence-corrected chi connectivity index (χ0v) is 11.9. The lowest BCUT2D eigenvalue weighted by molar-refractivity contribution is -0.155. The van der Waals surface area contributed by atoms with E-state index < -0.39 is 5.60 Å². The minimum absolute atomic E-state index is 0.00562. The van der Waals surface area contributed by atoms with Gasteiger partial charge in [-0.15, -0.1) is 0 Å². The van der Waals surface area contributed by atoms with Crippen molar-refractivity contribution in [3.8, 4) is 0 Å². The van der Waals surface area contributed by atoms with E-state index in [0.29, 0.717) is 6.42 Å². The second-order valence-corrected chi connectivity index (χ2v) is 7.35. The van der Waals surface area contributed by atoms with Crippen LogP contribution in [0.15, 0.2) is 0 Å². The highest BCUT2D eigenvalue weighted by Gasteiger charge is 2.54. The van der Waals surface area contributed by atoms with Crippen molar-refractivity contribution in [3.05, 3.63) is 0 Å². The number of aliphatic hydroxyl groups is 2. The molecule has 0 heterocycles. The molecule has 0 spiro atoms. The largest absolute Gasteiger partial charge is 0.393 e. The molecule has 2 aliphatic carbocycles. The molecule has 2 rings (SSSR count). The van der Waals surface area contributed by atoms with Gasteiger partial charge in [0.1, 0.15) is 5.78 Å². The third-order valence-corrected chi connectivity index (χ3v) is 5.17. The van der Waals surface area contributed by atoms with Crippen LogP contribution in [0, 0.1) is 23.2 Å². The minimum atomic E-state index is -0.922. The molecule has 3 nitrogen and oxygen atoms in total. The summed E-state index contributed by atoms with van der Waals surface area (Å²) in [6.07, 6.45) is 2.85. The van der Waals surface area contributed by atoms with Gasteiger partial charge in [0.25, 0.3) is 0 Å². The summed E-state index contributed by atoms with van der Waals surface area (Å²) in [6.45, 7) is 7.67. The molecule has 0 unspecified atom stereocenters. The number of rotatable bonds is 1. The van der Waals surface area contributed by atoms with Crippen molar-refractivity contribution in [2.75, 3.05) is 0 Å². The first-order chi connectivity index (χ1) is 8.15. The fraction of sp³-hybridized carbons (Fsp3) is 0.933. The van der Waals surface area contributed by atoms with Crippen molar-refractivity contribution in [2.24, 2.45) is 23.2 Å². The van der Waals surface area contributed by atoms with Crippen LogP contribution in [0.3, 0.4) is 0 Å². The van der Waals surface area contributed by atoms with E-state index in [2.05, 4.69) is 13.8 Å². The first-order valence-corrected chi connectivity index (χ1v) is 7.09. The third kappa shape index (κ3) is 2.23. The van der Waals surface area contributed by atoms with Gasteiger partial charge in [-0.25, -0.2) is 0 Å². The Hall–Kier alpha value is -0.410. The Morgan fingerprint density at radius 2 is 2.00 bits per heavy atom. The van der Waals surface area contributed by atoms with Crippen LogP contribution in [0.5, 0.6) is 0 Å². The maximum Gasteiger partial charge on any atom is 0.142 e. The van der Waals surface area contributed by atoms with Crippen LogP contribution in [0.2, 0.25) is 0 Å². The van der Waals surface area contributed by atoms with Gasteiger partial charge in [-0.1, -0.05) is 13.8 Å². The van der Waals surface area contributed by atoms with Gasteiger partial charge in [0.15, 0.2) is 0 Å². The van der Waals surface area contributed by atoms with E-state index >= 15 is 0 Å². The Labute approximate surface area is 110 Å². The van der Waals surface area contributed by atoms with Gasteiger partial charge >= 0.3 is 0 Å². The summed E-state index contributed by atoms with van der Waals surface area (Å²) in [7, 11) is 0. The van der Waals surface area contributed by atoms with Crippen molar-refractivity contribution in [1.29, 1.82) is 0 Å². The normalized spacial score (nSPS) is 45.8. The highest BCUT2D eigenvalue weighted by molar-refractivity contribution is 5.86. The predicted molar refractivity (Wildman–Crippen MR) is 70.0 cm³/mol. The van der Waals surface area contributed by atoms with Crippen LogP contribution in [-0.4, -0.2) is 27.7 Å². The molecule has 5 atom stereocenters. The molecule has 0 amide bonds. The number of carbonyl (C=O) groups excluding carboxylic acids is 1. The molecule has 2 N–H and O–H groups in total. The monoisotopic (exact) mass is 254 g/mol. The topological polar surface area (TPSA) is 57.5 Å². The van der Waals surface area contributed by atoms with Gasteiger partial charge in [-0.3, -0.25) is 4.79 Å². The molecular weight excluding hydrogens is 228 g/mol. The molecule has 0 radical (unpaired) electrons. The Balaban J connectivity index is 2.28. The fourth-order valence-corrected chi connectivity index (χ4v) is 4.42. The molecule has 0 aliphatic heterocycles. The fourth-order valence-electron chi connectivity index (χ4n) is 4.42. The smallest absolute Gasteiger partial charge is 0.142 e. The van der Waals surface area contributed by atoms with Gasteiger partial charge in [-0.2, -0.15) is 0 Å². The Morgan fingerprint density at radius 1 is 1.39 bits per heavy atom. The molecule has 18 heavy (non-hydrogen) atoms. The Kier molecular flexibility index (Phi) is 3.35. The second-order valence-electron chi connectivity index (χ2n) is 7.35. The van der Waals surface area contributed by atoms with Gasteiger partial charge < -0.3 is 10.2 Å². The van der Waals surface area contributed by atoms with Crippen LogP contribution < -0.4 is 0 Å². The predicted octanol–water partition coefficient (Wildman–Crippen LogP) is 2.15. The van der Waals surface area contributed by atoms with Crippen molar-refractivity contribution in [1.82, 2.24) is 0 Å². The number of fused-ring (bicyclic) bond motifs is 1. The van der Waals surface area contributed by atoms with Crippen LogP contribution >= 0.6 is 0 Å². The van der Waals surface area contributed by atoms with E-state index in [-0.39, 0.29) is 35.1 Å². The van der Waals surface area contributed by atoms with Gasteiger partial charge in [-0.05, 0) is 50.9 Å². The average Bonchev–Trinajstić information content (AvgIpc) is 2.12. The third-order valence-electron chi connectivity index (χ3n) is 5.17. The molecule has 0 aromatic heterocycles. The molecule has 2 fully saturated rings. The summed E-state index contributed by atoms with van der Waals surface area (Å²) in [5.74, 6) is 0.200. The Morgan fingerprint density at radius 3 is 2.56 bits per heavy atom. The van der Waals surface area contributed by atoms with Crippen molar-refractivity contribution in [3.63, 3.8) is 0 Å². The highest BCUT2D eigenvalue weighted by Crippen LogP contribution is 2.53. The van der Waals surface area contributed by atoms with Crippen molar-refractivity contribution in [2.45, 2.75) is 65.1 Å². The molecule has 2 aliphatic rings. The van der Waals surface area contributed by atoms with E-state index in [1.807, 2.05) is 0 Å². The van der Waals surface area contributed by atoms with Crippen molar-refractivity contribution >= 4 is 5.78 Å². The van der Waals surface area contributed by atoms with Crippen molar-refractivity contribution < 1.29 is 15.0 Å². The molecule has 2 saturated carbocycles. The van der Waals surface area contributed by atoms with E-state index in [1.165, 1.54) is 0 Å². The molecule has 104 valence electrons. The van der Waals surface area contributed by atoms with Crippen LogP contribution in [-0.2, 0) is 4.79 Å². The molecule has 0 aromatic carbocycles. The number of carbonyl (C=O) groups is 1. The van der Waals surface area contributed by atoms with E-state index in [0.717, 1.165) is 19.3 Å². The number of hydrogen-bond acceptors (Lipinski definition) is 3. The summed E-state index contributed by atoms with van der Waals surface area (Å²) in [5, 5.41) is 20.1. The minimum Gasteiger partial charge on any atom is -0.393 e. The molecule has 0 bridgehead atoms. The van der Waals surface area contributed by atoms with E-state index in [4.69, 9.17) is 0 Å². The first kappa shape index (κ1) is 14.0. The maximum atomic E-state index is 12.7. The summed E-state index contributed by atoms with van der Waals surface area (Å²) in [5.41, 5.74) is -0.996. The zero-order valence-electron chi connectivity index (χ0n) is 11.9.